The first-order valence-corrected chi connectivity index (χ1v) is 12.6. The van der Waals surface area contributed by atoms with E-state index in [1.807, 2.05) is 6.07 Å². The number of carbonyl (C=O) groups excluding carboxylic acids is 2. The lowest BCUT2D eigenvalue weighted by Gasteiger charge is -2.03. The molecule has 1 amide bonds. The topological polar surface area (TPSA) is 105 Å². The lowest BCUT2D eigenvalue weighted by Crippen LogP contribution is -2.13. The van der Waals surface area contributed by atoms with Crippen LogP contribution < -0.4 is 5.32 Å². The van der Waals surface area contributed by atoms with Crippen LogP contribution in [0.15, 0.2) is 70.8 Å². The average molecular weight is 552 g/mol. The number of nitrogens with one attached hydrogen (secondary N) is 1. The number of amides is 1. The maximum Gasteiger partial charge on any atom is 0.338 e. The van der Waals surface area contributed by atoms with Gasteiger partial charge in [0.2, 0.25) is 0 Å². The molecule has 10 heteroatoms. The molecular formula is C27H19Cl2N3O4S. The maximum atomic E-state index is 12.7. The van der Waals surface area contributed by atoms with Gasteiger partial charge in [0.1, 0.15) is 23.2 Å². The molecule has 1 N–H and O–H groups in total. The van der Waals surface area contributed by atoms with Crippen LogP contribution in [-0.2, 0) is 16.0 Å². The van der Waals surface area contributed by atoms with Gasteiger partial charge in [-0.3, -0.25) is 10.1 Å². The van der Waals surface area contributed by atoms with Crippen LogP contribution in [0.5, 0.6) is 0 Å². The number of hydrogen-bond acceptors (Lipinski definition) is 7. The molecule has 0 saturated carbocycles. The quantitative estimate of drug-likeness (QED) is 0.143. The molecule has 0 aliphatic carbocycles. The highest BCUT2D eigenvalue weighted by Gasteiger charge is 2.15. The van der Waals surface area contributed by atoms with Gasteiger partial charge in [0.05, 0.1) is 12.2 Å². The standard InChI is InChI=1S/C27H19Cl2N3O4S/c1-2-35-26(34)17-5-3-16(4-6-17)24-10-8-21(36-24)12-19(14-30)25(33)32-27-31-15-22(37-27)13-18-11-20(28)7-9-23(18)29/h3-12,15H,2,13H2,1H3,(H,31,32,33). The van der Waals surface area contributed by atoms with Gasteiger partial charge in [-0.1, -0.05) is 35.3 Å². The van der Waals surface area contributed by atoms with Crippen molar-refractivity contribution in [3.63, 3.8) is 0 Å². The van der Waals surface area contributed by atoms with E-state index in [0.717, 1.165) is 16.0 Å². The summed E-state index contributed by atoms with van der Waals surface area (Å²) in [5, 5.41) is 13.7. The first-order valence-electron chi connectivity index (χ1n) is 11.1. The molecule has 2 heterocycles. The number of carbonyl (C=O) groups is 2. The van der Waals surface area contributed by atoms with E-state index in [1.165, 1.54) is 17.4 Å². The zero-order valence-electron chi connectivity index (χ0n) is 19.5. The second-order valence-corrected chi connectivity index (χ2v) is 9.63. The van der Waals surface area contributed by atoms with E-state index in [2.05, 4.69) is 10.3 Å². The Hall–Kier alpha value is -3.90. The molecule has 7 nitrogen and oxygen atoms in total. The molecule has 0 aliphatic heterocycles. The molecule has 37 heavy (non-hydrogen) atoms. The Labute approximate surface area is 226 Å². The van der Waals surface area contributed by atoms with Crippen molar-refractivity contribution in [2.75, 3.05) is 11.9 Å². The van der Waals surface area contributed by atoms with Gasteiger partial charge in [-0.25, -0.2) is 9.78 Å². The highest BCUT2D eigenvalue weighted by molar-refractivity contribution is 7.15. The number of thiazole rings is 1. The molecule has 0 radical (unpaired) electrons. The summed E-state index contributed by atoms with van der Waals surface area (Å²) in [4.78, 5) is 29.6. The maximum absolute atomic E-state index is 12.7. The Morgan fingerprint density at radius 3 is 2.68 bits per heavy atom. The Morgan fingerprint density at radius 1 is 1.16 bits per heavy atom. The minimum Gasteiger partial charge on any atom is -0.462 e. The van der Waals surface area contributed by atoms with Crippen molar-refractivity contribution in [3.05, 3.63) is 98.2 Å². The van der Waals surface area contributed by atoms with Crippen LogP contribution in [0.2, 0.25) is 10.0 Å². The van der Waals surface area contributed by atoms with Gasteiger partial charge >= 0.3 is 5.97 Å². The van der Waals surface area contributed by atoms with E-state index in [9.17, 15) is 14.9 Å². The summed E-state index contributed by atoms with van der Waals surface area (Å²) in [6, 6.07) is 17.2. The predicted molar refractivity (Wildman–Crippen MR) is 144 cm³/mol. The van der Waals surface area contributed by atoms with Crippen LogP contribution in [-0.4, -0.2) is 23.5 Å². The smallest absolute Gasteiger partial charge is 0.338 e. The number of esters is 1. The summed E-state index contributed by atoms with van der Waals surface area (Å²) in [6.45, 7) is 2.04. The zero-order chi connectivity index (χ0) is 26.4. The third-order valence-electron chi connectivity index (χ3n) is 5.11. The second kappa shape index (κ2) is 11.9. The highest BCUT2D eigenvalue weighted by Crippen LogP contribution is 2.28. The molecule has 186 valence electrons. The van der Waals surface area contributed by atoms with Gasteiger partial charge in [0, 0.05) is 39.2 Å². The third kappa shape index (κ3) is 6.66. The van der Waals surface area contributed by atoms with E-state index >= 15 is 0 Å². The lowest BCUT2D eigenvalue weighted by molar-refractivity contribution is -0.112. The van der Waals surface area contributed by atoms with Crippen molar-refractivity contribution < 1.29 is 18.7 Å². The number of nitrogens with zero attached hydrogens (tertiary/aromatic N) is 2. The van der Waals surface area contributed by atoms with E-state index < -0.39 is 11.9 Å². The predicted octanol–water partition coefficient (Wildman–Crippen LogP) is 7.02. The zero-order valence-corrected chi connectivity index (χ0v) is 21.8. The molecule has 0 bridgehead atoms. The number of benzene rings is 2. The molecule has 2 aromatic carbocycles. The van der Waals surface area contributed by atoms with Gasteiger partial charge < -0.3 is 9.15 Å². The van der Waals surface area contributed by atoms with Gasteiger partial charge in [0.25, 0.3) is 5.91 Å². The van der Waals surface area contributed by atoms with E-state index in [0.29, 0.717) is 45.3 Å². The van der Waals surface area contributed by atoms with E-state index in [1.54, 1.807) is 67.7 Å². The Balaban J connectivity index is 1.43. The number of aromatic nitrogens is 1. The van der Waals surface area contributed by atoms with Gasteiger partial charge in [-0.05, 0) is 55.0 Å². The molecule has 0 spiro atoms. The molecule has 0 fully saturated rings. The highest BCUT2D eigenvalue weighted by atomic mass is 35.5. The number of anilines is 1. The number of rotatable bonds is 8. The fourth-order valence-electron chi connectivity index (χ4n) is 3.34. The van der Waals surface area contributed by atoms with Crippen molar-refractivity contribution in [2.45, 2.75) is 13.3 Å². The van der Waals surface area contributed by atoms with Crippen LogP contribution in [0.3, 0.4) is 0 Å². The number of ether oxygens (including phenoxy) is 1. The monoisotopic (exact) mass is 551 g/mol. The van der Waals surface area contributed by atoms with E-state index in [-0.39, 0.29) is 5.57 Å². The van der Waals surface area contributed by atoms with E-state index in [4.69, 9.17) is 32.4 Å². The normalized spacial score (nSPS) is 11.1. The fraction of sp³-hybridized carbons (Fsp3) is 0.111. The van der Waals surface area contributed by atoms with Crippen molar-refractivity contribution in [1.29, 1.82) is 5.26 Å². The number of halogens is 2. The average Bonchev–Trinajstić information content (AvgIpc) is 3.54. The summed E-state index contributed by atoms with van der Waals surface area (Å²) in [5.74, 6) is -0.168. The molecule has 4 aromatic rings. The Bertz CT molecular complexity index is 1520. The second-order valence-electron chi connectivity index (χ2n) is 7.67. The van der Waals surface area contributed by atoms with Crippen LogP contribution >= 0.6 is 34.5 Å². The molecule has 4 rings (SSSR count). The largest absolute Gasteiger partial charge is 0.462 e. The molecule has 0 saturated heterocycles. The molecule has 0 aliphatic rings. The summed E-state index contributed by atoms with van der Waals surface area (Å²) < 4.78 is 10.8. The van der Waals surface area contributed by atoms with Crippen molar-refractivity contribution in [1.82, 2.24) is 4.98 Å². The third-order valence-corrected chi connectivity index (χ3v) is 6.62. The summed E-state index contributed by atoms with van der Waals surface area (Å²) >= 11 is 13.6. The van der Waals surface area contributed by atoms with Crippen LogP contribution in [0, 0.1) is 11.3 Å². The fourth-order valence-corrected chi connectivity index (χ4v) is 4.55. The Morgan fingerprint density at radius 2 is 1.95 bits per heavy atom. The van der Waals surface area contributed by atoms with Crippen molar-refractivity contribution in [3.8, 4) is 17.4 Å². The van der Waals surface area contributed by atoms with Gasteiger partial charge in [-0.2, -0.15) is 5.26 Å². The van der Waals surface area contributed by atoms with Crippen LogP contribution in [0.1, 0.15) is 33.5 Å². The Kier molecular flexibility index (Phi) is 8.41. The minimum absolute atomic E-state index is 0.145. The minimum atomic E-state index is -0.610. The van der Waals surface area contributed by atoms with Crippen molar-refractivity contribution >= 4 is 57.6 Å². The number of hydrogen-bond donors (Lipinski definition) is 1. The molecule has 0 atom stereocenters. The summed E-state index contributed by atoms with van der Waals surface area (Å²) in [7, 11) is 0. The molecular weight excluding hydrogens is 533 g/mol. The van der Waals surface area contributed by atoms with Crippen LogP contribution in [0.4, 0.5) is 5.13 Å². The first-order chi connectivity index (χ1) is 17.9. The summed E-state index contributed by atoms with van der Waals surface area (Å²) in [6.07, 6.45) is 3.50. The molecule has 2 aromatic heterocycles. The van der Waals surface area contributed by atoms with Gasteiger partial charge in [-0.15, -0.1) is 11.3 Å². The SMILES string of the molecule is CCOC(=O)c1ccc(-c2ccc(C=C(C#N)C(=O)Nc3ncc(Cc4cc(Cl)ccc4Cl)s3)o2)cc1. The van der Waals surface area contributed by atoms with Gasteiger partial charge in [0.15, 0.2) is 5.13 Å². The number of nitriles is 1. The lowest BCUT2D eigenvalue weighted by atomic mass is 10.1. The first kappa shape index (κ1) is 26.2. The molecule has 0 unspecified atom stereocenters. The van der Waals surface area contributed by atoms with Crippen LogP contribution in [0.25, 0.3) is 17.4 Å². The number of furan rings is 1. The van der Waals surface area contributed by atoms with Crippen molar-refractivity contribution in [2.24, 2.45) is 0 Å². The summed E-state index contributed by atoms with van der Waals surface area (Å²) in [5.41, 5.74) is 1.86.